The summed E-state index contributed by atoms with van der Waals surface area (Å²) in [6.07, 6.45) is 7.23. The van der Waals surface area contributed by atoms with Gasteiger partial charge in [0, 0.05) is 24.3 Å². The smallest absolute Gasteiger partial charge is 0.163 e. The fourth-order valence-corrected chi connectivity index (χ4v) is 2.86. The van der Waals surface area contributed by atoms with Gasteiger partial charge in [-0.15, -0.1) is 10.2 Å². The number of aromatic nitrogens is 3. The van der Waals surface area contributed by atoms with E-state index < -0.39 is 0 Å². The van der Waals surface area contributed by atoms with E-state index in [1.54, 1.807) is 6.33 Å². The number of benzene rings is 1. The fraction of sp³-hybridized carbons (Fsp3) is 0.500. The van der Waals surface area contributed by atoms with Crippen LogP contribution >= 0.6 is 0 Å². The zero-order valence-electron chi connectivity index (χ0n) is 12.2. The highest BCUT2D eigenvalue weighted by Gasteiger charge is 2.19. The summed E-state index contributed by atoms with van der Waals surface area (Å²) in [7, 11) is 1.97. The fourth-order valence-electron chi connectivity index (χ4n) is 2.86. The lowest BCUT2D eigenvalue weighted by atomic mass is 9.81. The van der Waals surface area contributed by atoms with Gasteiger partial charge in [-0.1, -0.05) is 31.4 Å². The van der Waals surface area contributed by atoms with Crippen molar-refractivity contribution in [3.8, 4) is 11.4 Å². The summed E-state index contributed by atoms with van der Waals surface area (Å²) in [5, 5.41) is 11.7. The molecule has 0 bridgehead atoms. The van der Waals surface area contributed by atoms with Crippen molar-refractivity contribution in [2.45, 2.75) is 38.6 Å². The molecule has 1 aromatic heterocycles. The van der Waals surface area contributed by atoms with Crippen LogP contribution in [0.15, 0.2) is 30.6 Å². The highest BCUT2D eigenvalue weighted by Crippen LogP contribution is 2.31. The van der Waals surface area contributed by atoms with Crippen molar-refractivity contribution in [2.75, 3.05) is 5.32 Å². The van der Waals surface area contributed by atoms with Gasteiger partial charge in [-0.25, -0.2) is 0 Å². The maximum atomic E-state index is 4.16. The van der Waals surface area contributed by atoms with E-state index in [-0.39, 0.29) is 0 Å². The van der Waals surface area contributed by atoms with E-state index in [0.717, 1.165) is 23.0 Å². The Morgan fingerprint density at radius 2 is 2.25 bits per heavy atom. The van der Waals surface area contributed by atoms with Crippen molar-refractivity contribution in [1.29, 1.82) is 0 Å². The molecule has 4 heteroatoms. The summed E-state index contributed by atoms with van der Waals surface area (Å²) in [5.74, 6) is 1.83. The van der Waals surface area contributed by atoms with Gasteiger partial charge in [0.2, 0.25) is 0 Å². The second-order valence-electron chi connectivity index (χ2n) is 5.92. The Morgan fingerprint density at radius 1 is 1.40 bits per heavy atom. The van der Waals surface area contributed by atoms with Crippen LogP contribution in [0.2, 0.25) is 0 Å². The van der Waals surface area contributed by atoms with Gasteiger partial charge in [-0.05, 0) is 31.4 Å². The van der Waals surface area contributed by atoms with Crippen LogP contribution in [0.4, 0.5) is 5.69 Å². The Kier molecular flexibility index (Phi) is 3.72. The molecular weight excluding hydrogens is 248 g/mol. The molecule has 3 rings (SSSR count). The van der Waals surface area contributed by atoms with Crippen molar-refractivity contribution < 1.29 is 0 Å². The average Bonchev–Trinajstić information content (AvgIpc) is 2.81. The third-order valence-corrected chi connectivity index (χ3v) is 4.16. The zero-order valence-corrected chi connectivity index (χ0v) is 12.2. The Hall–Kier alpha value is -1.84. The molecule has 0 radical (unpaired) electrons. The summed E-state index contributed by atoms with van der Waals surface area (Å²) < 4.78 is 1.94. The molecule has 1 aliphatic rings. The SMILES string of the molecule is CC(CC1CCC1)Nc1cccc(-c2nncn2C)c1. The van der Waals surface area contributed by atoms with Crippen molar-refractivity contribution in [3.63, 3.8) is 0 Å². The Labute approximate surface area is 120 Å². The summed E-state index contributed by atoms with van der Waals surface area (Å²) >= 11 is 0. The molecule has 0 aliphatic heterocycles. The quantitative estimate of drug-likeness (QED) is 0.904. The first-order chi connectivity index (χ1) is 9.72. The molecule has 1 aliphatic carbocycles. The van der Waals surface area contributed by atoms with Crippen LogP contribution < -0.4 is 5.32 Å². The van der Waals surface area contributed by atoms with Crippen LogP contribution in [0, 0.1) is 5.92 Å². The van der Waals surface area contributed by atoms with E-state index in [9.17, 15) is 0 Å². The maximum Gasteiger partial charge on any atom is 0.163 e. The molecule has 4 nitrogen and oxygen atoms in total. The van der Waals surface area contributed by atoms with E-state index in [1.165, 1.54) is 25.7 Å². The molecular formula is C16H22N4. The molecule has 0 spiro atoms. The summed E-state index contributed by atoms with van der Waals surface area (Å²) in [4.78, 5) is 0. The largest absolute Gasteiger partial charge is 0.383 e. The highest BCUT2D eigenvalue weighted by atomic mass is 15.2. The summed E-state index contributed by atoms with van der Waals surface area (Å²) in [5.41, 5.74) is 2.27. The number of nitrogens with one attached hydrogen (secondary N) is 1. The Balaban J connectivity index is 1.69. The highest BCUT2D eigenvalue weighted by molar-refractivity contribution is 5.62. The molecule has 106 valence electrons. The van der Waals surface area contributed by atoms with Crippen LogP contribution in [0.25, 0.3) is 11.4 Å². The van der Waals surface area contributed by atoms with Gasteiger partial charge >= 0.3 is 0 Å². The van der Waals surface area contributed by atoms with Crippen molar-refractivity contribution in [2.24, 2.45) is 13.0 Å². The second kappa shape index (κ2) is 5.65. The molecule has 1 aromatic carbocycles. The lowest BCUT2D eigenvalue weighted by molar-refractivity contribution is 0.286. The van der Waals surface area contributed by atoms with Crippen LogP contribution in [0.1, 0.15) is 32.6 Å². The van der Waals surface area contributed by atoms with Gasteiger partial charge < -0.3 is 9.88 Å². The summed E-state index contributed by atoms with van der Waals surface area (Å²) in [6, 6.07) is 8.95. The molecule has 20 heavy (non-hydrogen) atoms. The number of anilines is 1. The Bertz CT molecular complexity index is 571. The number of nitrogens with zero attached hydrogens (tertiary/aromatic N) is 3. The minimum absolute atomic E-state index is 0.523. The Morgan fingerprint density at radius 3 is 2.90 bits per heavy atom. The lowest BCUT2D eigenvalue weighted by Crippen LogP contribution is -2.23. The first-order valence-electron chi connectivity index (χ1n) is 7.43. The minimum Gasteiger partial charge on any atom is -0.383 e. The van der Waals surface area contributed by atoms with E-state index in [2.05, 4.69) is 46.7 Å². The van der Waals surface area contributed by atoms with Gasteiger partial charge in [0.15, 0.2) is 5.82 Å². The first-order valence-corrected chi connectivity index (χ1v) is 7.43. The van der Waals surface area contributed by atoms with Crippen molar-refractivity contribution >= 4 is 5.69 Å². The number of aryl methyl sites for hydroxylation is 1. The second-order valence-corrected chi connectivity index (χ2v) is 5.92. The number of hydrogen-bond donors (Lipinski definition) is 1. The van der Waals surface area contributed by atoms with E-state index in [0.29, 0.717) is 6.04 Å². The van der Waals surface area contributed by atoms with Crippen molar-refractivity contribution in [3.05, 3.63) is 30.6 Å². The molecule has 0 saturated heterocycles. The maximum absolute atomic E-state index is 4.16. The predicted octanol–water partition coefficient (Wildman–Crippen LogP) is 3.47. The monoisotopic (exact) mass is 270 g/mol. The minimum atomic E-state index is 0.523. The van der Waals surface area contributed by atoms with E-state index in [1.807, 2.05) is 11.6 Å². The van der Waals surface area contributed by atoms with Gasteiger partial charge in [-0.2, -0.15) is 0 Å². The first kappa shape index (κ1) is 13.2. The lowest BCUT2D eigenvalue weighted by Gasteiger charge is -2.29. The van der Waals surface area contributed by atoms with Gasteiger partial charge in [0.05, 0.1) is 0 Å². The third kappa shape index (κ3) is 2.84. The van der Waals surface area contributed by atoms with E-state index in [4.69, 9.17) is 0 Å². The number of rotatable bonds is 5. The molecule has 2 aromatic rings. The standard InChI is InChI=1S/C16H22N4/c1-12(9-13-5-3-6-13)18-15-8-4-7-14(10-15)16-19-17-11-20(16)2/h4,7-8,10-13,18H,3,5-6,9H2,1-2H3. The molecule has 1 saturated carbocycles. The molecule has 1 unspecified atom stereocenters. The third-order valence-electron chi connectivity index (χ3n) is 4.16. The molecule has 0 amide bonds. The van der Waals surface area contributed by atoms with Crippen LogP contribution in [0.5, 0.6) is 0 Å². The zero-order chi connectivity index (χ0) is 13.9. The molecule has 1 N–H and O–H groups in total. The predicted molar refractivity (Wildman–Crippen MR) is 81.5 cm³/mol. The van der Waals surface area contributed by atoms with Crippen LogP contribution in [0.3, 0.4) is 0 Å². The van der Waals surface area contributed by atoms with Gasteiger partial charge in [-0.3, -0.25) is 0 Å². The average molecular weight is 270 g/mol. The van der Waals surface area contributed by atoms with Crippen LogP contribution in [-0.2, 0) is 7.05 Å². The van der Waals surface area contributed by atoms with Crippen molar-refractivity contribution in [1.82, 2.24) is 14.8 Å². The van der Waals surface area contributed by atoms with Crippen LogP contribution in [-0.4, -0.2) is 20.8 Å². The van der Waals surface area contributed by atoms with Gasteiger partial charge in [0.1, 0.15) is 6.33 Å². The molecule has 1 heterocycles. The topological polar surface area (TPSA) is 42.7 Å². The molecule has 1 fully saturated rings. The normalized spacial score (nSPS) is 16.7. The summed E-state index contributed by atoms with van der Waals surface area (Å²) in [6.45, 7) is 2.27. The van der Waals surface area contributed by atoms with E-state index >= 15 is 0 Å². The number of hydrogen-bond acceptors (Lipinski definition) is 3. The molecule has 1 atom stereocenters. The van der Waals surface area contributed by atoms with Gasteiger partial charge in [0.25, 0.3) is 0 Å².